The number of anilines is 2. The third kappa shape index (κ3) is 3.50. The van der Waals surface area contributed by atoms with E-state index in [4.69, 9.17) is 10.5 Å². The van der Waals surface area contributed by atoms with Gasteiger partial charge in [0.05, 0.1) is 18.0 Å². The maximum atomic E-state index is 5.99. The Morgan fingerprint density at radius 3 is 3.00 bits per heavy atom. The Morgan fingerprint density at radius 1 is 1.50 bits per heavy atom. The van der Waals surface area contributed by atoms with Crippen LogP contribution in [0.1, 0.15) is 19.8 Å². The Bertz CT molecular complexity index is 337. The molecule has 0 amide bonds. The SMILES string of the molecule is C=CCCNc1cccc(OCCC)c1N. The van der Waals surface area contributed by atoms with Crippen LogP contribution in [-0.4, -0.2) is 13.2 Å². The molecule has 0 unspecified atom stereocenters. The molecule has 3 nitrogen and oxygen atoms in total. The van der Waals surface area contributed by atoms with Crippen LogP contribution in [0.25, 0.3) is 0 Å². The van der Waals surface area contributed by atoms with E-state index in [1.165, 1.54) is 0 Å². The number of benzene rings is 1. The summed E-state index contributed by atoms with van der Waals surface area (Å²) >= 11 is 0. The van der Waals surface area contributed by atoms with Crippen LogP contribution in [-0.2, 0) is 0 Å². The van der Waals surface area contributed by atoms with Gasteiger partial charge in [0.2, 0.25) is 0 Å². The van der Waals surface area contributed by atoms with E-state index in [1.807, 2.05) is 24.3 Å². The van der Waals surface area contributed by atoms with Crippen LogP contribution in [0.3, 0.4) is 0 Å². The molecule has 1 aromatic rings. The average molecular weight is 220 g/mol. The van der Waals surface area contributed by atoms with Gasteiger partial charge in [-0.3, -0.25) is 0 Å². The summed E-state index contributed by atoms with van der Waals surface area (Å²) in [5.41, 5.74) is 7.60. The smallest absolute Gasteiger partial charge is 0.144 e. The lowest BCUT2D eigenvalue weighted by molar-refractivity contribution is 0.319. The van der Waals surface area contributed by atoms with Gasteiger partial charge < -0.3 is 15.8 Å². The van der Waals surface area contributed by atoms with Crippen molar-refractivity contribution >= 4 is 11.4 Å². The predicted molar refractivity (Wildman–Crippen MR) is 69.9 cm³/mol. The summed E-state index contributed by atoms with van der Waals surface area (Å²) in [6.07, 6.45) is 3.77. The second kappa shape index (κ2) is 6.77. The minimum Gasteiger partial charge on any atom is -0.491 e. The number of nitrogens with two attached hydrogens (primary N) is 1. The summed E-state index contributed by atoms with van der Waals surface area (Å²) in [5, 5.41) is 3.25. The predicted octanol–water partition coefficient (Wildman–Crippen LogP) is 3.05. The van der Waals surface area contributed by atoms with Crippen molar-refractivity contribution in [2.75, 3.05) is 24.2 Å². The van der Waals surface area contributed by atoms with Crippen LogP contribution >= 0.6 is 0 Å². The number of hydrogen-bond donors (Lipinski definition) is 2. The zero-order valence-corrected chi connectivity index (χ0v) is 9.83. The van der Waals surface area contributed by atoms with Gasteiger partial charge in [-0.15, -0.1) is 6.58 Å². The zero-order valence-electron chi connectivity index (χ0n) is 9.83. The quantitative estimate of drug-likeness (QED) is 0.422. The molecule has 0 saturated heterocycles. The van der Waals surface area contributed by atoms with Crippen LogP contribution < -0.4 is 15.8 Å². The van der Waals surface area contributed by atoms with Gasteiger partial charge in [-0.1, -0.05) is 19.1 Å². The van der Waals surface area contributed by atoms with Gasteiger partial charge in [-0.05, 0) is 25.0 Å². The Balaban J connectivity index is 2.65. The van der Waals surface area contributed by atoms with E-state index in [0.717, 1.165) is 30.8 Å². The standard InChI is InChI=1S/C13H20N2O/c1-3-5-9-15-11-7-6-8-12(13(11)14)16-10-4-2/h3,6-8,15H,1,4-5,9-10,14H2,2H3. The van der Waals surface area contributed by atoms with Crippen molar-refractivity contribution in [2.24, 2.45) is 0 Å². The first-order valence-corrected chi connectivity index (χ1v) is 5.65. The van der Waals surface area contributed by atoms with Gasteiger partial charge >= 0.3 is 0 Å². The van der Waals surface area contributed by atoms with Crippen molar-refractivity contribution in [3.63, 3.8) is 0 Å². The summed E-state index contributed by atoms with van der Waals surface area (Å²) in [7, 11) is 0. The zero-order chi connectivity index (χ0) is 11.8. The fourth-order valence-corrected chi connectivity index (χ4v) is 1.34. The minimum absolute atomic E-state index is 0.681. The fourth-order valence-electron chi connectivity index (χ4n) is 1.34. The highest BCUT2D eigenvalue weighted by Gasteiger charge is 2.04. The summed E-state index contributed by atoms with van der Waals surface area (Å²) in [6.45, 7) is 7.28. The molecule has 88 valence electrons. The van der Waals surface area contributed by atoms with Crippen LogP contribution in [0, 0.1) is 0 Å². The maximum absolute atomic E-state index is 5.99. The molecule has 0 saturated carbocycles. The van der Waals surface area contributed by atoms with Crippen LogP contribution in [0.4, 0.5) is 11.4 Å². The molecule has 0 bridgehead atoms. The molecule has 3 N–H and O–H groups in total. The lowest BCUT2D eigenvalue weighted by Gasteiger charge is -2.12. The molecule has 0 spiro atoms. The molecule has 0 aromatic heterocycles. The Kier molecular flexibility index (Phi) is 5.26. The molecule has 16 heavy (non-hydrogen) atoms. The molecule has 1 rings (SSSR count). The van der Waals surface area contributed by atoms with Crippen molar-refractivity contribution in [3.8, 4) is 5.75 Å². The van der Waals surface area contributed by atoms with Gasteiger partial charge in [0.15, 0.2) is 0 Å². The second-order valence-corrected chi connectivity index (χ2v) is 3.57. The van der Waals surface area contributed by atoms with E-state index in [0.29, 0.717) is 12.3 Å². The summed E-state index contributed by atoms with van der Waals surface area (Å²) in [5.74, 6) is 0.755. The minimum atomic E-state index is 0.681. The monoisotopic (exact) mass is 220 g/mol. The largest absolute Gasteiger partial charge is 0.491 e. The van der Waals surface area contributed by atoms with Crippen LogP contribution in [0.2, 0.25) is 0 Å². The Labute approximate surface area is 97.3 Å². The molecule has 0 radical (unpaired) electrons. The second-order valence-electron chi connectivity index (χ2n) is 3.57. The van der Waals surface area contributed by atoms with Crippen molar-refractivity contribution in [1.29, 1.82) is 0 Å². The van der Waals surface area contributed by atoms with Gasteiger partial charge in [0, 0.05) is 6.54 Å². The summed E-state index contributed by atoms with van der Waals surface area (Å²) in [4.78, 5) is 0. The van der Waals surface area contributed by atoms with Crippen molar-refractivity contribution in [2.45, 2.75) is 19.8 Å². The van der Waals surface area contributed by atoms with Gasteiger partial charge in [-0.25, -0.2) is 0 Å². The number of para-hydroxylation sites is 1. The highest BCUT2D eigenvalue weighted by atomic mass is 16.5. The number of ether oxygens (including phenoxy) is 1. The number of rotatable bonds is 7. The van der Waals surface area contributed by atoms with Gasteiger partial charge in [0.1, 0.15) is 5.75 Å². The lowest BCUT2D eigenvalue weighted by atomic mass is 10.2. The number of nitrogen functional groups attached to an aromatic ring is 1. The third-order valence-corrected chi connectivity index (χ3v) is 2.19. The topological polar surface area (TPSA) is 47.3 Å². The Morgan fingerprint density at radius 2 is 2.31 bits per heavy atom. The Hall–Kier alpha value is -1.64. The third-order valence-electron chi connectivity index (χ3n) is 2.19. The number of hydrogen-bond acceptors (Lipinski definition) is 3. The molecule has 0 aliphatic rings. The fraction of sp³-hybridized carbons (Fsp3) is 0.385. The van der Waals surface area contributed by atoms with Crippen molar-refractivity contribution in [3.05, 3.63) is 30.9 Å². The van der Waals surface area contributed by atoms with E-state index >= 15 is 0 Å². The maximum Gasteiger partial charge on any atom is 0.144 e. The molecule has 0 heterocycles. The molecular weight excluding hydrogens is 200 g/mol. The molecule has 0 fully saturated rings. The molecule has 0 atom stereocenters. The van der Waals surface area contributed by atoms with Gasteiger partial charge in [-0.2, -0.15) is 0 Å². The number of nitrogens with one attached hydrogen (secondary N) is 1. The first-order chi connectivity index (χ1) is 7.79. The molecular formula is C13H20N2O. The molecule has 0 aliphatic carbocycles. The van der Waals surface area contributed by atoms with E-state index < -0.39 is 0 Å². The average Bonchev–Trinajstić information content (AvgIpc) is 2.30. The highest BCUT2D eigenvalue weighted by Crippen LogP contribution is 2.29. The van der Waals surface area contributed by atoms with Gasteiger partial charge in [0.25, 0.3) is 0 Å². The van der Waals surface area contributed by atoms with Crippen molar-refractivity contribution < 1.29 is 4.74 Å². The molecule has 1 aromatic carbocycles. The normalized spacial score (nSPS) is 9.81. The van der Waals surface area contributed by atoms with E-state index in [-0.39, 0.29) is 0 Å². The van der Waals surface area contributed by atoms with Crippen LogP contribution in [0.5, 0.6) is 5.75 Å². The summed E-state index contributed by atoms with van der Waals surface area (Å²) < 4.78 is 5.55. The van der Waals surface area contributed by atoms with E-state index in [1.54, 1.807) is 0 Å². The lowest BCUT2D eigenvalue weighted by Crippen LogP contribution is -2.05. The summed E-state index contributed by atoms with van der Waals surface area (Å²) in [6, 6.07) is 5.79. The van der Waals surface area contributed by atoms with Crippen LogP contribution in [0.15, 0.2) is 30.9 Å². The first-order valence-electron chi connectivity index (χ1n) is 5.65. The highest BCUT2D eigenvalue weighted by molar-refractivity contribution is 5.72. The van der Waals surface area contributed by atoms with Crippen molar-refractivity contribution in [1.82, 2.24) is 0 Å². The first kappa shape index (κ1) is 12.4. The molecule has 3 heteroatoms. The van der Waals surface area contributed by atoms with E-state index in [2.05, 4.69) is 18.8 Å². The van der Waals surface area contributed by atoms with E-state index in [9.17, 15) is 0 Å². The molecule has 0 aliphatic heterocycles.